The van der Waals surface area contributed by atoms with Gasteiger partial charge < -0.3 is 10.3 Å². The third-order valence-corrected chi connectivity index (χ3v) is 10.4. The van der Waals surface area contributed by atoms with Crippen molar-refractivity contribution in [2.45, 2.75) is 43.4 Å². The molecule has 2 aliphatic rings. The summed E-state index contributed by atoms with van der Waals surface area (Å²) in [7, 11) is -2.47. The number of aromatic nitrogens is 7. The van der Waals surface area contributed by atoms with Crippen molar-refractivity contribution < 1.29 is 43.9 Å². The number of carbonyl (C=O) groups excluding carboxylic acids is 1. The number of rotatable bonds is 9. The fourth-order valence-electron chi connectivity index (χ4n) is 7.41. The van der Waals surface area contributed by atoms with Crippen molar-refractivity contribution in [3.8, 4) is 5.69 Å². The Kier molecular flexibility index (Phi) is 8.16. The fourth-order valence-corrected chi connectivity index (χ4v) is 8.14. The Hall–Kier alpha value is -5.44. The number of sulfonamides is 1. The predicted octanol–water partition coefficient (Wildman–Crippen LogP) is 5.43. The molecule has 0 bridgehead atoms. The number of halogens is 8. The van der Waals surface area contributed by atoms with Crippen molar-refractivity contribution in [3.05, 3.63) is 97.9 Å². The average Bonchev–Trinajstić information content (AvgIpc) is 3.28. The summed E-state index contributed by atoms with van der Waals surface area (Å²) in [5.41, 5.74) is -3.96. The lowest BCUT2D eigenvalue weighted by atomic mass is 10.0. The number of hydrogen-bond acceptors (Lipinski definition) is 7. The highest BCUT2D eigenvalue weighted by atomic mass is 35.5. The van der Waals surface area contributed by atoms with Gasteiger partial charge in [-0.25, -0.2) is 22.2 Å². The molecular formula is C33H25ClF7N9O4S. The van der Waals surface area contributed by atoms with Crippen LogP contribution in [0.4, 0.5) is 36.6 Å². The smallest absolute Gasteiger partial charge is 0.346 e. The number of aromatic amines is 1. The van der Waals surface area contributed by atoms with Crippen molar-refractivity contribution in [2.24, 2.45) is 13.0 Å². The van der Waals surface area contributed by atoms with Crippen molar-refractivity contribution >= 4 is 55.3 Å². The number of benzene rings is 2. The van der Waals surface area contributed by atoms with Gasteiger partial charge in [0.15, 0.2) is 11.5 Å². The molecular weight excluding hydrogens is 787 g/mol. The van der Waals surface area contributed by atoms with E-state index in [1.54, 1.807) is 0 Å². The molecule has 4 aromatic heterocycles. The first-order chi connectivity index (χ1) is 25.7. The van der Waals surface area contributed by atoms with Gasteiger partial charge in [0.1, 0.15) is 35.3 Å². The lowest BCUT2D eigenvalue weighted by molar-refractivity contribution is -0.142. The fraction of sp³-hybridized carbons (Fsp3) is 0.303. The Bertz CT molecular complexity index is 2760. The summed E-state index contributed by atoms with van der Waals surface area (Å²) >= 11 is 6.51. The number of H-pyrrole nitrogens is 1. The summed E-state index contributed by atoms with van der Waals surface area (Å²) < 4.78 is 131. The van der Waals surface area contributed by atoms with Gasteiger partial charge in [0, 0.05) is 37.2 Å². The SMILES string of the molecule is Cn1nc(NS(C)(=O)=O)c2c(Cl)ccc(-n3c([C@H](Cc4cc(F)cc(F)c4)NC(=O)Cn4nc(C(F)(F)F)c5c4C(F)(F)[C@@H]4C[C@H]54)nc4[nH]ccc4c3=O)c21. The number of carbonyl (C=O) groups is 1. The minimum Gasteiger partial charge on any atom is -0.346 e. The highest BCUT2D eigenvalue weighted by molar-refractivity contribution is 7.92. The predicted molar refractivity (Wildman–Crippen MR) is 182 cm³/mol. The number of alkyl halides is 5. The molecule has 2 aliphatic carbocycles. The summed E-state index contributed by atoms with van der Waals surface area (Å²) in [5, 5.41) is 10.2. The third kappa shape index (κ3) is 6.18. The van der Waals surface area contributed by atoms with Gasteiger partial charge in [-0.05, 0) is 48.2 Å². The van der Waals surface area contributed by atoms with E-state index >= 15 is 8.78 Å². The van der Waals surface area contributed by atoms with E-state index in [4.69, 9.17) is 11.6 Å². The van der Waals surface area contributed by atoms with E-state index in [1.807, 2.05) is 0 Å². The first kappa shape index (κ1) is 36.5. The molecule has 6 aromatic rings. The van der Waals surface area contributed by atoms with Crippen molar-refractivity contribution in [2.75, 3.05) is 11.0 Å². The van der Waals surface area contributed by atoms with Gasteiger partial charge in [0.2, 0.25) is 15.9 Å². The molecule has 1 saturated carbocycles. The first-order valence-electron chi connectivity index (χ1n) is 16.3. The molecule has 0 spiro atoms. The van der Waals surface area contributed by atoms with Crippen LogP contribution in [0.5, 0.6) is 0 Å². The van der Waals surface area contributed by atoms with Crippen LogP contribution in [0.25, 0.3) is 27.6 Å². The Labute approximate surface area is 309 Å². The van der Waals surface area contributed by atoms with E-state index < -0.39 is 93.0 Å². The summed E-state index contributed by atoms with van der Waals surface area (Å²) in [6.07, 6.45) is -3.49. The zero-order valence-corrected chi connectivity index (χ0v) is 29.7. The van der Waals surface area contributed by atoms with Crippen LogP contribution in [0.3, 0.4) is 0 Å². The molecule has 0 unspecified atom stereocenters. The molecule has 22 heteroatoms. The molecule has 3 atom stereocenters. The minimum absolute atomic E-state index is 0.00481. The molecule has 1 amide bonds. The molecule has 0 radical (unpaired) electrons. The van der Waals surface area contributed by atoms with Gasteiger partial charge in [-0.3, -0.25) is 28.2 Å². The van der Waals surface area contributed by atoms with Crippen molar-refractivity contribution in [1.82, 2.24) is 39.4 Å². The molecule has 2 aromatic carbocycles. The van der Waals surface area contributed by atoms with E-state index in [-0.39, 0.29) is 56.3 Å². The van der Waals surface area contributed by atoms with E-state index in [0.29, 0.717) is 10.7 Å². The quantitative estimate of drug-likeness (QED) is 0.164. The maximum atomic E-state index is 15.3. The number of nitrogens with zero attached hydrogens (tertiary/aromatic N) is 6. The Morgan fingerprint density at radius 1 is 1.13 bits per heavy atom. The van der Waals surface area contributed by atoms with Gasteiger partial charge in [0.05, 0.1) is 39.3 Å². The van der Waals surface area contributed by atoms with Crippen LogP contribution in [0, 0.1) is 17.6 Å². The summed E-state index contributed by atoms with van der Waals surface area (Å²) in [5.74, 6) is -9.80. The van der Waals surface area contributed by atoms with Crippen LogP contribution >= 0.6 is 11.6 Å². The monoisotopic (exact) mass is 811 g/mol. The zero-order valence-electron chi connectivity index (χ0n) is 28.1. The molecule has 3 N–H and O–H groups in total. The molecule has 13 nitrogen and oxygen atoms in total. The Morgan fingerprint density at radius 3 is 2.51 bits per heavy atom. The van der Waals surface area contributed by atoms with E-state index in [9.17, 15) is 40.0 Å². The normalized spacial score (nSPS) is 18.1. The molecule has 8 rings (SSSR count). The molecule has 288 valence electrons. The maximum absolute atomic E-state index is 15.3. The number of amides is 1. The third-order valence-electron chi connectivity index (χ3n) is 9.56. The van der Waals surface area contributed by atoms with Crippen LogP contribution in [-0.2, 0) is 46.9 Å². The molecule has 4 heterocycles. The van der Waals surface area contributed by atoms with Gasteiger partial charge in [0.25, 0.3) is 11.5 Å². The van der Waals surface area contributed by atoms with Crippen LogP contribution in [0.2, 0.25) is 5.02 Å². The molecule has 0 saturated heterocycles. The average molecular weight is 812 g/mol. The van der Waals surface area contributed by atoms with Crippen molar-refractivity contribution in [1.29, 1.82) is 0 Å². The van der Waals surface area contributed by atoms with Crippen molar-refractivity contribution in [3.63, 3.8) is 0 Å². The zero-order chi connectivity index (χ0) is 39.5. The standard InChI is InChI=1S/C33H25ClF7N9O4S/c1-48-25-21(4-3-19(34)24(25)29(46-48)47-55(2,53)54)50-30(44-28-16(31(50)52)5-6-42-28)20(9-13-7-14(35)10-15(36)8-13)43-22(51)12-49-27-23(26(45-49)33(39,40)41)17-11-18(17)32(27,37)38/h3-8,10,17-18,20,42H,9,11-12H2,1-2H3,(H,43,51)(H,46,47)/t17-,18+,20-/m0/s1. The van der Waals surface area contributed by atoms with E-state index in [1.165, 1.54) is 36.1 Å². The highest BCUT2D eigenvalue weighted by Gasteiger charge is 2.68. The summed E-state index contributed by atoms with van der Waals surface area (Å²) in [6, 6.07) is 5.03. The lowest BCUT2D eigenvalue weighted by Gasteiger charge is -2.23. The van der Waals surface area contributed by atoms with Gasteiger partial charge in [-0.2, -0.15) is 32.1 Å². The largest absolute Gasteiger partial charge is 0.435 e. The van der Waals surface area contributed by atoms with E-state index in [0.717, 1.165) is 23.0 Å². The lowest BCUT2D eigenvalue weighted by Crippen LogP contribution is -2.38. The second-order valence-electron chi connectivity index (χ2n) is 13.4. The summed E-state index contributed by atoms with van der Waals surface area (Å²) in [6.45, 7) is -1.14. The second kappa shape index (κ2) is 12.3. The van der Waals surface area contributed by atoms with Gasteiger partial charge >= 0.3 is 6.18 Å². The summed E-state index contributed by atoms with van der Waals surface area (Å²) in [4.78, 5) is 35.5. The van der Waals surface area contributed by atoms with Crippen LogP contribution in [-0.4, -0.2) is 54.7 Å². The Balaban J connectivity index is 1.29. The number of aryl methyl sites for hydroxylation is 1. The number of anilines is 1. The van der Waals surface area contributed by atoms with Crippen LogP contribution in [0.1, 0.15) is 46.7 Å². The van der Waals surface area contributed by atoms with Crippen LogP contribution < -0.4 is 15.6 Å². The minimum atomic E-state index is -5.10. The highest BCUT2D eigenvalue weighted by Crippen LogP contribution is 2.68. The number of fused-ring (bicyclic) bond motifs is 5. The van der Waals surface area contributed by atoms with E-state index in [2.05, 4.69) is 30.2 Å². The molecule has 55 heavy (non-hydrogen) atoms. The van der Waals surface area contributed by atoms with Gasteiger partial charge in [-0.1, -0.05) is 11.6 Å². The first-order valence-corrected chi connectivity index (χ1v) is 18.5. The molecule has 1 fully saturated rings. The number of hydrogen-bond donors (Lipinski definition) is 3. The number of nitrogens with one attached hydrogen (secondary N) is 3. The van der Waals surface area contributed by atoms with Crippen LogP contribution in [0.15, 0.2) is 47.4 Å². The maximum Gasteiger partial charge on any atom is 0.435 e. The second-order valence-corrected chi connectivity index (χ2v) is 15.6. The Morgan fingerprint density at radius 2 is 1.84 bits per heavy atom. The molecule has 0 aliphatic heterocycles. The van der Waals surface area contributed by atoms with Gasteiger partial charge in [-0.15, -0.1) is 0 Å². The topological polar surface area (TPSA) is 162 Å².